The summed E-state index contributed by atoms with van der Waals surface area (Å²) >= 11 is 3.49. The molecule has 1 aliphatic carbocycles. The van der Waals surface area contributed by atoms with Crippen molar-refractivity contribution >= 4 is 27.4 Å². The predicted octanol–water partition coefficient (Wildman–Crippen LogP) is 4.41. The molecule has 1 aromatic heterocycles. The second-order valence-corrected chi connectivity index (χ2v) is 5.96. The highest BCUT2D eigenvalue weighted by Gasteiger charge is 2.13. The van der Waals surface area contributed by atoms with Crippen LogP contribution in [0.5, 0.6) is 0 Å². The monoisotopic (exact) mass is 316 g/mol. The van der Waals surface area contributed by atoms with E-state index in [0.717, 1.165) is 16.0 Å². The molecule has 0 radical (unpaired) electrons. The van der Waals surface area contributed by atoms with E-state index in [0.29, 0.717) is 0 Å². The molecule has 1 aliphatic rings. The summed E-state index contributed by atoms with van der Waals surface area (Å²) in [5.74, 6) is 0.985. The lowest BCUT2D eigenvalue weighted by Crippen LogP contribution is -2.12. The summed E-state index contributed by atoms with van der Waals surface area (Å²) in [4.78, 5) is 6.77. The largest absolute Gasteiger partial charge is 0.329 e. The highest BCUT2D eigenvalue weighted by Crippen LogP contribution is 2.29. The number of benzene rings is 1. The lowest BCUT2D eigenvalue weighted by atomic mass is 10.1. The Kier molecular flexibility index (Phi) is 3.31. The lowest BCUT2D eigenvalue weighted by Gasteiger charge is -2.20. The first-order valence-corrected chi connectivity index (χ1v) is 7.43. The maximum atomic E-state index is 4.62. The molecule has 0 N–H and O–H groups in total. The van der Waals surface area contributed by atoms with Crippen molar-refractivity contribution in [3.8, 4) is 0 Å². The number of aryl methyl sites for hydroxylation is 3. The zero-order valence-corrected chi connectivity index (χ0v) is 12.9. The van der Waals surface area contributed by atoms with Gasteiger partial charge in [0.1, 0.15) is 5.82 Å². The van der Waals surface area contributed by atoms with E-state index in [9.17, 15) is 0 Å². The quantitative estimate of drug-likeness (QED) is 0.815. The molecule has 3 rings (SSSR count). The van der Waals surface area contributed by atoms with Gasteiger partial charge in [0, 0.05) is 17.2 Å². The molecule has 0 spiro atoms. The molecule has 19 heavy (non-hydrogen) atoms. The average Bonchev–Trinajstić information content (AvgIpc) is 2.88. The third-order valence-corrected chi connectivity index (χ3v) is 4.66. The van der Waals surface area contributed by atoms with Crippen LogP contribution in [0.2, 0.25) is 0 Å². The molecule has 2 aromatic rings. The van der Waals surface area contributed by atoms with Gasteiger partial charge in [0.2, 0.25) is 0 Å². The van der Waals surface area contributed by atoms with Gasteiger partial charge in [0.15, 0.2) is 0 Å². The lowest BCUT2D eigenvalue weighted by molar-refractivity contribution is 0.911. The fourth-order valence-electron chi connectivity index (χ4n) is 2.62. The van der Waals surface area contributed by atoms with Gasteiger partial charge in [0.05, 0.1) is 5.69 Å². The van der Waals surface area contributed by atoms with Crippen molar-refractivity contribution in [1.29, 1.82) is 0 Å². The normalized spacial score (nSPS) is 13.4. The van der Waals surface area contributed by atoms with Gasteiger partial charge in [-0.1, -0.05) is 6.07 Å². The van der Waals surface area contributed by atoms with E-state index in [-0.39, 0.29) is 0 Å². The fourth-order valence-corrected chi connectivity index (χ4v) is 2.84. The summed E-state index contributed by atoms with van der Waals surface area (Å²) in [6, 6.07) is 10.9. The fraction of sp³-hybridized carbons (Fsp3) is 0.312. The summed E-state index contributed by atoms with van der Waals surface area (Å²) in [6.07, 6.45) is 3.73. The Balaban J connectivity index is 1.94. The van der Waals surface area contributed by atoms with E-state index >= 15 is 0 Å². The Labute approximate surface area is 122 Å². The number of halogens is 1. The molecule has 2 nitrogen and oxygen atoms in total. The van der Waals surface area contributed by atoms with Gasteiger partial charge >= 0.3 is 0 Å². The Morgan fingerprint density at radius 3 is 2.68 bits per heavy atom. The van der Waals surface area contributed by atoms with Crippen molar-refractivity contribution in [1.82, 2.24) is 4.98 Å². The SMILES string of the molecule is Cc1nc(N(C)c2ccc3c(c2)CCC3)ccc1Br. The van der Waals surface area contributed by atoms with E-state index in [1.807, 2.05) is 13.0 Å². The number of nitrogens with zero attached hydrogens (tertiary/aromatic N) is 2. The number of aromatic nitrogens is 1. The molecule has 0 saturated carbocycles. The average molecular weight is 317 g/mol. The second kappa shape index (κ2) is 4.97. The van der Waals surface area contributed by atoms with E-state index in [2.05, 4.69) is 57.1 Å². The summed E-state index contributed by atoms with van der Waals surface area (Å²) in [6.45, 7) is 2.02. The molecule has 1 heterocycles. The highest BCUT2D eigenvalue weighted by molar-refractivity contribution is 9.10. The minimum atomic E-state index is 0.985. The van der Waals surface area contributed by atoms with Crippen LogP contribution in [-0.2, 0) is 12.8 Å². The molecular formula is C16H17BrN2. The van der Waals surface area contributed by atoms with Gasteiger partial charge in [-0.2, -0.15) is 0 Å². The van der Waals surface area contributed by atoms with Crippen molar-refractivity contribution in [2.75, 3.05) is 11.9 Å². The molecule has 0 atom stereocenters. The van der Waals surface area contributed by atoms with Crippen molar-refractivity contribution in [2.45, 2.75) is 26.2 Å². The number of rotatable bonds is 2. The molecule has 0 bridgehead atoms. The molecular weight excluding hydrogens is 300 g/mol. The Hall–Kier alpha value is -1.35. The van der Waals surface area contributed by atoms with Crippen LogP contribution in [0.25, 0.3) is 0 Å². The number of anilines is 2. The number of pyridine rings is 1. The minimum absolute atomic E-state index is 0.985. The maximum Gasteiger partial charge on any atom is 0.133 e. The van der Waals surface area contributed by atoms with Gasteiger partial charge in [-0.05, 0) is 77.5 Å². The molecule has 0 unspecified atom stereocenters. The zero-order chi connectivity index (χ0) is 13.4. The van der Waals surface area contributed by atoms with Crippen molar-refractivity contribution < 1.29 is 0 Å². The van der Waals surface area contributed by atoms with Crippen LogP contribution in [0.15, 0.2) is 34.8 Å². The highest BCUT2D eigenvalue weighted by atomic mass is 79.9. The predicted molar refractivity (Wildman–Crippen MR) is 83.2 cm³/mol. The van der Waals surface area contributed by atoms with Gasteiger partial charge < -0.3 is 4.90 Å². The van der Waals surface area contributed by atoms with Crippen molar-refractivity contribution in [2.24, 2.45) is 0 Å². The topological polar surface area (TPSA) is 16.1 Å². The van der Waals surface area contributed by atoms with E-state index < -0.39 is 0 Å². The summed E-state index contributed by atoms with van der Waals surface area (Å²) in [5.41, 5.74) is 5.25. The Morgan fingerprint density at radius 2 is 1.89 bits per heavy atom. The molecule has 0 aliphatic heterocycles. The molecule has 0 amide bonds. The summed E-state index contributed by atoms with van der Waals surface area (Å²) in [7, 11) is 2.08. The van der Waals surface area contributed by atoms with Gasteiger partial charge in [-0.3, -0.25) is 0 Å². The van der Waals surface area contributed by atoms with Crippen LogP contribution < -0.4 is 4.90 Å². The molecule has 3 heteroatoms. The number of hydrogen-bond acceptors (Lipinski definition) is 2. The Bertz CT molecular complexity index is 622. The van der Waals surface area contributed by atoms with Crippen molar-refractivity contribution in [3.05, 3.63) is 51.6 Å². The van der Waals surface area contributed by atoms with Crippen LogP contribution in [0, 0.1) is 6.92 Å². The summed E-state index contributed by atoms with van der Waals surface area (Å²) < 4.78 is 1.05. The van der Waals surface area contributed by atoms with Gasteiger partial charge in [-0.15, -0.1) is 0 Å². The van der Waals surface area contributed by atoms with Crippen LogP contribution in [0.4, 0.5) is 11.5 Å². The molecule has 0 saturated heterocycles. The molecule has 0 fully saturated rings. The smallest absolute Gasteiger partial charge is 0.133 e. The third kappa shape index (κ3) is 2.39. The first-order chi connectivity index (χ1) is 9.15. The molecule has 98 valence electrons. The van der Waals surface area contributed by atoms with Crippen molar-refractivity contribution in [3.63, 3.8) is 0 Å². The van der Waals surface area contributed by atoms with Crippen LogP contribution >= 0.6 is 15.9 Å². The first-order valence-electron chi connectivity index (χ1n) is 6.64. The standard InChI is InChI=1S/C16H17BrN2/c1-11-15(17)8-9-16(18-11)19(2)14-7-6-12-4-3-5-13(12)10-14/h6-10H,3-5H2,1-2H3. The minimum Gasteiger partial charge on any atom is -0.329 e. The van der Waals surface area contributed by atoms with Crippen LogP contribution in [0.1, 0.15) is 23.2 Å². The van der Waals surface area contributed by atoms with Crippen LogP contribution in [-0.4, -0.2) is 12.0 Å². The first kappa shape index (κ1) is 12.7. The second-order valence-electron chi connectivity index (χ2n) is 5.10. The van der Waals surface area contributed by atoms with E-state index in [4.69, 9.17) is 0 Å². The zero-order valence-electron chi connectivity index (χ0n) is 11.3. The van der Waals surface area contributed by atoms with Gasteiger partial charge in [-0.25, -0.2) is 4.98 Å². The molecule has 1 aromatic carbocycles. The number of hydrogen-bond donors (Lipinski definition) is 0. The van der Waals surface area contributed by atoms with Gasteiger partial charge in [0.25, 0.3) is 0 Å². The van der Waals surface area contributed by atoms with E-state index in [1.165, 1.54) is 36.1 Å². The third-order valence-electron chi connectivity index (χ3n) is 3.82. The van der Waals surface area contributed by atoms with Crippen LogP contribution in [0.3, 0.4) is 0 Å². The van der Waals surface area contributed by atoms with E-state index in [1.54, 1.807) is 0 Å². The maximum absolute atomic E-state index is 4.62. The number of fused-ring (bicyclic) bond motifs is 1. The summed E-state index contributed by atoms with van der Waals surface area (Å²) in [5, 5.41) is 0. The Morgan fingerprint density at radius 1 is 1.11 bits per heavy atom.